The Morgan fingerprint density at radius 3 is 2.33 bits per heavy atom. The quantitative estimate of drug-likeness (QED) is 0.741. The lowest BCUT2D eigenvalue weighted by atomic mass is 10.0. The van der Waals surface area contributed by atoms with Crippen molar-refractivity contribution in [2.24, 2.45) is 0 Å². The summed E-state index contributed by atoms with van der Waals surface area (Å²) in [5, 5.41) is 0.548. The standard InChI is InChI=1S/C15H17ClN2/c1-9(2)15-17-13(11(4)14(16)18-15)12-8-6-5-7-10(12)3/h5-9H,1-4H3. The molecular formula is C15H17ClN2. The SMILES string of the molecule is Cc1ccccc1-c1nc(C(C)C)nc(Cl)c1C. The summed E-state index contributed by atoms with van der Waals surface area (Å²) >= 11 is 6.21. The van der Waals surface area contributed by atoms with Crippen LogP contribution in [0.4, 0.5) is 0 Å². The highest BCUT2D eigenvalue weighted by Gasteiger charge is 2.14. The average Bonchev–Trinajstić information content (AvgIpc) is 2.33. The lowest BCUT2D eigenvalue weighted by Crippen LogP contribution is -2.03. The molecule has 0 saturated carbocycles. The first-order chi connectivity index (χ1) is 8.50. The lowest BCUT2D eigenvalue weighted by molar-refractivity contribution is 0.773. The summed E-state index contributed by atoms with van der Waals surface area (Å²) in [5.74, 6) is 1.06. The van der Waals surface area contributed by atoms with Crippen LogP contribution in [0, 0.1) is 13.8 Å². The number of benzene rings is 1. The monoisotopic (exact) mass is 260 g/mol. The molecule has 1 heterocycles. The Morgan fingerprint density at radius 2 is 1.72 bits per heavy atom. The zero-order valence-corrected chi connectivity index (χ0v) is 11.9. The summed E-state index contributed by atoms with van der Waals surface area (Å²) in [4.78, 5) is 9.01. The molecule has 0 bridgehead atoms. The van der Waals surface area contributed by atoms with E-state index >= 15 is 0 Å². The molecule has 1 aromatic carbocycles. The van der Waals surface area contributed by atoms with Crippen molar-refractivity contribution >= 4 is 11.6 Å². The number of aromatic nitrogens is 2. The first-order valence-electron chi connectivity index (χ1n) is 6.10. The van der Waals surface area contributed by atoms with Crippen molar-refractivity contribution in [1.82, 2.24) is 9.97 Å². The van der Waals surface area contributed by atoms with Crippen LogP contribution in [0.5, 0.6) is 0 Å². The van der Waals surface area contributed by atoms with Gasteiger partial charge in [-0.2, -0.15) is 0 Å². The number of hydrogen-bond acceptors (Lipinski definition) is 2. The minimum Gasteiger partial charge on any atom is -0.232 e. The Kier molecular flexibility index (Phi) is 3.67. The summed E-state index contributed by atoms with van der Waals surface area (Å²) in [6.07, 6.45) is 0. The molecule has 18 heavy (non-hydrogen) atoms. The Hall–Kier alpha value is -1.41. The number of nitrogens with zero attached hydrogens (tertiary/aromatic N) is 2. The first kappa shape index (κ1) is 13.0. The van der Waals surface area contributed by atoms with Crippen LogP contribution in [0.25, 0.3) is 11.3 Å². The van der Waals surface area contributed by atoms with Crippen LogP contribution in [0.1, 0.15) is 36.7 Å². The van der Waals surface area contributed by atoms with Crippen molar-refractivity contribution in [3.8, 4) is 11.3 Å². The van der Waals surface area contributed by atoms with E-state index in [1.54, 1.807) is 0 Å². The largest absolute Gasteiger partial charge is 0.232 e. The van der Waals surface area contributed by atoms with Gasteiger partial charge in [-0.25, -0.2) is 9.97 Å². The number of aryl methyl sites for hydroxylation is 1. The van der Waals surface area contributed by atoms with Gasteiger partial charge in [-0.05, 0) is 19.4 Å². The van der Waals surface area contributed by atoms with E-state index in [0.29, 0.717) is 5.15 Å². The Bertz CT molecular complexity index is 577. The normalized spacial score (nSPS) is 11.0. The number of hydrogen-bond donors (Lipinski definition) is 0. The molecular weight excluding hydrogens is 244 g/mol. The van der Waals surface area contributed by atoms with Gasteiger partial charge in [0.05, 0.1) is 5.69 Å². The third-order valence-corrected chi connectivity index (χ3v) is 3.39. The molecule has 3 heteroatoms. The van der Waals surface area contributed by atoms with E-state index in [9.17, 15) is 0 Å². The molecule has 0 fully saturated rings. The molecule has 0 radical (unpaired) electrons. The molecule has 0 aliphatic carbocycles. The van der Waals surface area contributed by atoms with Gasteiger partial charge < -0.3 is 0 Å². The molecule has 0 amide bonds. The van der Waals surface area contributed by atoms with Crippen molar-refractivity contribution < 1.29 is 0 Å². The Morgan fingerprint density at radius 1 is 1.06 bits per heavy atom. The van der Waals surface area contributed by atoms with Gasteiger partial charge in [0, 0.05) is 17.0 Å². The predicted molar refractivity (Wildman–Crippen MR) is 76.0 cm³/mol. The molecule has 0 aliphatic rings. The maximum atomic E-state index is 6.21. The number of rotatable bonds is 2. The molecule has 0 saturated heterocycles. The molecule has 0 unspecified atom stereocenters. The highest BCUT2D eigenvalue weighted by Crippen LogP contribution is 2.29. The third kappa shape index (κ3) is 2.39. The topological polar surface area (TPSA) is 25.8 Å². The van der Waals surface area contributed by atoms with Crippen molar-refractivity contribution in [3.63, 3.8) is 0 Å². The summed E-state index contributed by atoms with van der Waals surface area (Å²) in [5.41, 5.74) is 4.21. The smallest absolute Gasteiger partial charge is 0.136 e. The van der Waals surface area contributed by atoms with Crippen LogP contribution in [0.3, 0.4) is 0 Å². The fourth-order valence-electron chi connectivity index (χ4n) is 1.86. The Labute approximate surface area is 113 Å². The summed E-state index contributed by atoms with van der Waals surface area (Å²) < 4.78 is 0. The Balaban J connectivity index is 2.67. The van der Waals surface area contributed by atoms with E-state index < -0.39 is 0 Å². The second-order valence-corrected chi connectivity index (χ2v) is 5.17. The first-order valence-corrected chi connectivity index (χ1v) is 6.48. The van der Waals surface area contributed by atoms with Crippen LogP contribution >= 0.6 is 11.6 Å². The van der Waals surface area contributed by atoms with Crippen molar-refractivity contribution in [2.75, 3.05) is 0 Å². The van der Waals surface area contributed by atoms with Gasteiger partial charge in [-0.3, -0.25) is 0 Å². The second kappa shape index (κ2) is 5.07. The molecule has 1 aromatic heterocycles. The van der Waals surface area contributed by atoms with Crippen molar-refractivity contribution in [2.45, 2.75) is 33.6 Å². The van der Waals surface area contributed by atoms with Gasteiger partial charge >= 0.3 is 0 Å². The predicted octanol–water partition coefficient (Wildman–Crippen LogP) is 4.54. The van der Waals surface area contributed by atoms with Gasteiger partial charge in [0.1, 0.15) is 11.0 Å². The maximum absolute atomic E-state index is 6.21. The molecule has 2 aromatic rings. The summed E-state index contributed by atoms with van der Waals surface area (Å²) in [6.45, 7) is 8.19. The second-order valence-electron chi connectivity index (χ2n) is 4.82. The third-order valence-electron chi connectivity index (χ3n) is 3.02. The van der Waals surface area contributed by atoms with E-state index in [4.69, 9.17) is 11.6 Å². The highest BCUT2D eigenvalue weighted by molar-refractivity contribution is 6.30. The number of halogens is 1. The van der Waals surface area contributed by atoms with E-state index in [0.717, 1.165) is 22.6 Å². The summed E-state index contributed by atoms with van der Waals surface area (Å²) in [7, 11) is 0. The molecule has 0 atom stereocenters. The zero-order valence-electron chi connectivity index (χ0n) is 11.2. The molecule has 0 aliphatic heterocycles. The van der Waals surface area contributed by atoms with Gasteiger partial charge in [0.2, 0.25) is 0 Å². The molecule has 2 nitrogen and oxygen atoms in total. The van der Waals surface area contributed by atoms with Crippen molar-refractivity contribution in [3.05, 3.63) is 46.4 Å². The molecule has 94 valence electrons. The van der Waals surface area contributed by atoms with Crippen LogP contribution in [0.2, 0.25) is 5.15 Å². The summed E-state index contributed by atoms with van der Waals surface area (Å²) in [6, 6.07) is 8.21. The minimum absolute atomic E-state index is 0.269. The molecule has 0 spiro atoms. The van der Waals surface area contributed by atoms with Crippen LogP contribution in [0.15, 0.2) is 24.3 Å². The fraction of sp³-hybridized carbons (Fsp3) is 0.333. The average molecular weight is 261 g/mol. The van der Waals surface area contributed by atoms with Gasteiger partial charge in [-0.1, -0.05) is 49.7 Å². The van der Waals surface area contributed by atoms with Crippen LogP contribution in [-0.4, -0.2) is 9.97 Å². The van der Waals surface area contributed by atoms with Gasteiger partial charge in [0.25, 0.3) is 0 Å². The van der Waals surface area contributed by atoms with Crippen molar-refractivity contribution in [1.29, 1.82) is 0 Å². The molecule has 2 rings (SSSR count). The van der Waals surface area contributed by atoms with Gasteiger partial charge in [0.15, 0.2) is 0 Å². The zero-order chi connectivity index (χ0) is 13.3. The van der Waals surface area contributed by atoms with Crippen LogP contribution < -0.4 is 0 Å². The van der Waals surface area contributed by atoms with E-state index in [1.807, 2.05) is 19.1 Å². The van der Waals surface area contributed by atoms with Gasteiger partial charge in [-0.15, -0.1) is 0 Å². The van der Waals surface area contributed by atoms with E-state index in [1.165, 1.54) is 5.56 Å². The maximum Gasteiger partial charge on any atom is 0.136 e. The van der Waals surface area contributed by atoms with E-state index in [2.05, 4.69) is 42.9 Å². The van der Waals surface area contributed by atoms with Crippen LogP contribution in [-0.2, 0) is 0 Å². The minimum atomic E-state index is 0.269. The fourth-order valence-corrected chi connectivity index (χ4v) is 2.04. The molecule has 0 N–H and O–H groups in total. The van der Waals surface area contributed by atoms with E-state index in [-0.39, 0.29) is 5.92 Å². The highest BCUT2D eigenvalue weighted by atomic mass is 35.5. The lowest BCUT2D eigenvalue weighted by Gasteiger charge is -2.12.